The minimum absolute atomic E-state index is 0.0938. The first-order chi connectivity index (χ1) is 21.9. The molecule has 2 aliphatic heterocycles. The lowest BCUT2D eigenvalue weighted by Gasteiger charge is -2.46. The van der Waals surface area contributed by atoms with Gasteiger partial charge in [0.15, 0.2) is 0 Å². The Balaban J connectivity index is 1.42. The number of nitrogens with zero attached hydrogens (tertiary/aromatic N) is 2. The van der Waals surface area contributed by atoms with E-state index >= 15 is 0 Å². The van der Waals surface area contributed by atoms with Crippen LogP contribution in [0, 0.1) is 0 Å². The molecular weight excluding hydrogens is 555 g/mol. The monoisotopic (exact) mass is 598 g/mol. The van der Waals surface area contributed by atoms with E-state index in [4.69, 9.17) is 0 Å². The van der Waals surface area contributed by atoms with Gasteiger partial charge in [-0.3, -0.25) is 0 Å². The third kappa shape index (κ3) is 4.10. The number of allylic oxidation sites excluding steroid dienone is 1. The van der Waals surface area contributed by atoms with Crippen LogP contribution in [0.25, 0.3) is 5.70 Å². The van der Waals surface area contributed by atoms with E-state index in [-0.39, 0.29) is 23.0 Å². The van der Waals surface area contributed by atoms with Crippen LogP contribution in [0.15, 0.2) is 121 Å². The molecular formula is C43H43BN2. The fourth-order valence-electron chi connectivity index (χ4n) is 8.19. The average Bonchev–Trinajstić information content (AvgIpc) is 3.27. The molecule has 46 heavy (non-hydrogen) atoms. The van der Waals surface area contributed by atoms with Crippen LogP contribution in [0.1, 0.15) is 77.6 Å². The van der Waals surface area contributed by atoms with Crippen LogP contribution in [0.2, 0.25) is 0 Å². The van der Waals surface area contributed by atoms with Crippen molar-refractivity contribution < 1.29 is 0 Å². The van der Waals surface area contributed by atoms with Crippen molar-refractivity contribution in [2.45, 2.75) is 71.6 Å². The lowest BCUT2D eigenvalue weighted by molar-refractivity contribution is 0.590. The van der Waals surface area contributed by atoms with E-state index in [0.29, 0.717) is 0 Å². The van der Waals surface area contributed by atoms with Gasteiger partial charge >= 0.3 is 0 Å². The van der Waals surface area contributed by atoms with Gasteiger partial charge in [0.1, 0.15) is 0 Å². The van der Waals surface area contributed by atoms with Crippen LogP contribution in [-0.2, 0) is 16.2 Å². The second-order valence-corrected chi connectivity index (χ2v) is 15.9. The van der Waals surface area contributed by atoms with Gasteiger partial charge in [-0.1, -0.05) is 134 Å². The van der Waals surface area contributed by atoms with Crippen molar-refractivity contribution in [3.8, 4) is 0 Å². The number of fused-ring (bicyclic) bond motifs is 5. The number of hydrogen-bond donors (Lipinski definition) is 0. The molecule has 228 valence electrons. The third-order valence-electron chi connectivity index (χ3n) is 10.6. The predicted octanol–water partition coefficient (Wildman–Crippen LogP) is 10.1. The molecule has 0 unspecified atom stereocenters. The van der Waals surface area contributed by atoms with E-state index in [1.807, 2.05) is 0 Å². The zero-order chi connectivity index (χ0) is 32.2. The average molecular weight is 599 g/mol. The van der Waals surface area contributed by atoms with Gasteiger partial charge < -0.3 is 9.80 Å². The van der Waals surface area contributed by atoms with Crippen molar-refractivity contribution in [2.75, 3.05) is 9.80 Å². The Hall–Kier alpha value is -4.50. The molecule has 2 heterocycles. The van der Waals surface area contributed by atoms with Gasteiger partial charge in [0.2, 0.25) is 6.71 Å². The lowest BCUT2D eigenvalue weighted by atomic mass is 9.30. The summed E-state index contributed by atoms with van der Waals surface area (Å²) >= 11 is 0. The van der Waals surface area contributed by atoms with Crippen LogP contribution < -0.4 is 20.7 Å². The summed E-state index contributed by atoms with van der Waals surface area (Å²) in [7, 11) is 0. The fourth-order valence-corrected chi connectivity index (χ4v) is 8.19. The standard InChI is InChI=1S/C43H43BN2/c1-41(2,3)28-20-24-30(25-21-28)45-35-17-12-11-16-34(35)44-38-36(45)18-13-19-37(38)46(31-26-22-29(23-27-31)42(4,5)6)39-32-14-9-10-15-33(32)43(7,8)40(39)44/h9-27H,1-8H3. The topological polar surface area (TPSA) is 6.48 Å². The van der Waals surface area contributed by atoms with Crippen LogP contribution in [0.3, 0.4) is 0 Å². The summed E-state index contributed by atoms with van der Waals surface area (Å²) in [6.07, 6.45) is 0. The Morgan fingerprint density at radius 2 is 1.02 bits per heavy atom. The maximum atomic E-state index is 2.57. The number of rotatable bonds is 2. The Bertz CT molecular complexity index is 2040. The summed E-state index contributed by atoms with van der Waals surface area (Å²) in [5.74, 6) is 0. The first-order valence-corrected chi connectivity index (χ1v) is 16.7. The number of benzene rings is 5. The largest absolute Gasteiger partial charge is 0.311 e. The summed E-state index contributed by atoms with van der Waals surface area (Å²) in [5.41, 5.74) is 17.3. The highest BCUT2D eigenvalue weighted by molar-refractivity contribution is 6.96. The molecule has 0 aromatic heterocycles. The van der Waals surface area contributed by atoms with Crippen LogP contribution in [-0.4, -0.2) is 6.71 Å². The SMILES string of the molecule is CC(C)(C)c1ccc(N2C3=C(B4c5ccccc5N(c5ccc(C(C)(C)C)cc5)c5cccc2c54)C(C)(C)c2ccccc23)cc1. The van der Waals surface area contributed by atoms with E-state index in [2.05, 4.69) is 180 Å². The molecule has 0 radical (unpaired) electrons. The summed E-state index contributed by atoms with van der Waals surface area (Å²) in [4.78, 5) is 5.07. The molecule has 2 nitrogen and oxygen atoms in total. The van der Waals surface area contributed by atoms with E-state index in [9.17, 15) is 0 Å². The van der Waals surface area contributed by atoms with Gasteiger partial charge in [-0.05, 0) is 80.9 Å². The fraction of sp³-hybridized carbons (Fsp3) is 0.256. The molecule has 5 aromatic rings. The second-order valence-electron chi connectivity index (χ2n) is 15.9. The Labute approximate surface area is 275 Å². The van der Waals surface area contributed by atoms with Crippen LogP contribution in [0.5, 0.6) is 0 Å². The quantitative estimate of drug-likeness (QED) is 0.187. The minimum Gasteiger partial charge on any atom is -0.311 e. The zero-order valence-corrected chi connectivity index (χ0v) is 28.4. The van der Waals surface area contributed by atoms with Gasteiger partial charge in [0.05, 0.1) is 0 Å². The number of hydrogen-bond acceptors (Lipinski definition) is 2. The van der Waals surface area contributed by atoms with Crippen molar-refractivity contribution in [3.05, 3.63) is 143 Å². The van der Waals surface area contributed by atoms with Crippen LogP contribution in [0.4, 0.5) is 28.4 Å². The smallest absolute Gasteiger partial charge is 0.248 e. The molecule has 0 amide bonds. The third-order valence-corrected chi connectivity index (χ3v) is 10.6. The molecule has 0 saturated carbocycles. The molecule has 0 N–H and O–H groups in total. The maximum Gasteiger partial charge on any atom is 0.248 e. The minimum atomic E-state index is -0.144. The van der Waals surface area contributed by atoms with Crippen molar-refractivity contribution in [1.29, 1.82) is 0 Å². The molecule has 1 aliphatic carbocycles. The van der Waals surface area contributed by atoms with Gasteiger partial charge in [-0.15, -0.1) is 0 Å². The zero-order valence-electron chi connectivity index (χ0n) is 28.4. The Morgan fingerprint density at radius 1 is 0.522 bits per heavy atom. The number of anilines is 5. The molecule has 3 heteroatoms. The number of para-hydroxylation sites is 1. The van der Waals surface area contributed by atoms with Gasteiger partial charge in [-0.25, -0.2) is 0 Å². The first-order valence-electron chi connectivity index (χ1n) is 16.7. The predicted molar refractivity (Wildman–Crippen MR) is 199 cm³/mol. The van der Waals surface area contributed by atoms with Crippen molar-refractivity contribution in [1.82, 2.24) is 0 Å². The normalized spacial score (nSPS) is 16.2. The molecule has 3 aliphatic rings. The second kappa shape index (κ2) is 9.75. The molecule has 0 fully saturated rings. The Kier molecular flexibility index (Phi) is 6.14. The van der Waals surface area contributed by atoms with Crippen molar-refractivity contribution in [3.63, 3.8) is 0 Å². The van der Waals surface area contributed by atoms with Crippen molar-refractivity contribution in [2.24, 2.45) is 0 Å². The summed E-state index contributed by atoms with van der Waals surface area (Å²) in [6.45, 7) is 18.7. The van der Waals surface area contributed by atoms with Gasteiger partial charge in [0, 0.05) is 45.1 Å². The molecule has 0 saturated heterocycles. The van der Waals surface area contributed by atoms with E-state index in [1.54, 1.807) is 0 Å². The van der Waals surface area contributed by atoms with Crippen LogP contribution >= 0.6 is 0 Å². The summed E-state index contributed by atoms with van der Waals surface area (Å²) in [5, 5.41) is 0. The lowest BCUT2D eigenvalue weighted by Crippen LogP contribution is -2.57. The highest BCUT2D eigenvalue weighted by atomic mass is 15.2. The molecule has 0 spiro atoms. The van der Waals surface area contributed by atoms with E-state index < -0.39 is 0 Å². The van der Waals surface area contributed by atoms with Gasteiger partial charge in [-0.2, -0.15) is 0 Å². The van der Waals surface area contributed by atoms with Crippen molar-refractivity contribution >= 4 is 51.8 Å². The summed E-state index contributed by atoms with van der Waals surface area (Å²) < 4.78 is 0. The first kappa shape index (κ1) is 28.9. The van der Waals surface area contributed by atoms with E-state index in [0.717, 1.165) is 0 Å². The molecule has 8 rings (SSSR count). The maximum absolute atomic E-state index is 2.57. The highest BCUT2D eigenvalue weighted by Gasteiger charge is 2.52. The van der Waals surface area contributed by atoms with Gasteiger partial charge in [0.25, 0.3) is 0 Å². The molecule has 5 aromatic carbocycles. The summed E-state index contributed by atoms with van der Waals surface area (Å²) in [6, 6.07) is 43.7. The molecule has 0 atom stereocenters. The Morgan fingerprint density at radius 3 is 1.63 bits per heavy atom. The van der Waals surface area contributed by atoms with E-state index in [1.165, 1.54) is 72.8 Å². The molecule has 0 bridgehead atoms. The highest BCUT2D eigenvalue weighted by Crippen LogP contribution is 2.55.